The predicted molar refractivity (Wildman–Crippen MR) is 90.8 cm³/mol. The molecule has 0 amide bonds. The number of aromatic nitrogens is 2. The maximum absolute atomic E-state index is 4.97. The van der Waals surface area contributed by atoms with E-state index in [1.165, 1.54) is 22.5 Å². The standard InChI is InChI=1S/C19H28N2.Pt/c1-13(2)17-16(15-11-9-8-10-12-15)18(19(5,6)7)21(20-17)14(3)4;/h8-14H,1-7H3;. The maximum Gasteiger partial charge on any atom is 0.0731 e. The third-order valence-corrected chi connectivity index (χ3v) is 3.75. The molecule has 2 rings (SSSR count). The summed E-state index contributed by atoms with van der Waals surface area (Å²) in [5.74, 6) is 0.418. The van der Waals surface area contributed by atoms with Crippen molar-refractivity contribution in [2.24, 2.45) is 0 Å². The van der Waals surface area contributed by atoms with E-state index in [0.717, 1.165) is 0 Å². The summed E-state index contributed by atoms with van der Waals surface area (Å²) in [6.07, 6.45) is 0. The Balaban J connectivity index is 0.00000242. The van der Waals surface area contributed by atoms with Gasteiger partial charge in [-0.2, -0.15) is 5.10 Å². The van der Waals surface area contributed by atoms with Crippen molar-refractivity contribution >= 4 is 0 Å². The zero-order valence-electron chi connectivity index (χ0n) is 14.8. The Morgan fingerprint density at radius 3 is 1.91 bits per heavy atom. The van der Waals surface area contributed by atoms with Gasteiger partial charge in [-0.05, 0) is 25.3 Å². The largest absolute Gasteiger partial charge is 0.266 e. The second kappa shape index (κ2) is 7.13. The molecule has 0 N–H and O–H groups in total. The van der Waals surface area contributed by atoms with Crippen molar-refractivity contribution in [2.75, 3.05) is 0 Å². The number of rotatable bonds is 3. The third-order valence-electron chi connectivity index (χ3n) is 3.75. The molecular weight excluding hydrogens is 451 g/mol. The molecule has 0 fully saturated rings. The molecule has 124 valence electrons. The van der Waals surface area contributed by atoms with Crippen molar-refractivity contribution in [3.8, 4) is 11.1 Å². The molecule has 1 aromatic heterocycles. The summed E-state index contributed by atoms with van der Waals surface area (Å²) in [6.45, 7) is 15.7. The van der Waals surface area contributed by atoms with Gasteiger partial charge in [0.25, 0.3) is 0 Å². The fraction of sp³-hybridized carbons (Fsp3) is 0.526. The molecule has 2 aromatic rings. The van der Waals surface area contributed by atoms with Crippen molar-refractivity contribution in [3.05, 3.63) is 41.7 Å². The molecule has 1 aromatic carbocycles. The van der Waals surface area contributed by atoms with E-state index in [1.807, 2.05) is 0 Å². The van der Waals surface area contributed by atoms with Gasteiger partial charge in [-0.3, -0.25) is 4.68 Å². The van der Waals surface area contributed by atoms with Gasteiger partial charge in [0.1, 0.15) is 0 Å². The van der Waals surface area contributed by atoms with Gasteiger partial charge in [-0.15, -0.1) is 0 Å². The van der Waals surface area contributed by atoms with E-state index < -0.39 is 0 Å². The second-order valence-electron chi connectivity index (χ2n) is 7.42. The molecule has 0 atom stereocenters. The molecule has 0 aliphatic rings. The summed E-state index contributed by atoms with van der Waals surface area (Å²) in [6, 6.07) is 11.1. The van der Waals surface area contributed by atoms with Gasteiger partial charge in [0.2, 0.25) is 0 Å². The van der Waals surface area contributed by atoms with Crippen LogP contribution in [0.5, 0.6) is 0 Å². The minimum absolute atomic E-state index is 0. The van der Waals surface area contributed by atoms with Gasteiger partial charge in [0.15, 0.2) is 0 Å². The zero-order valence-corrected chi connectivity index (χ0v) is 17.0. The summed E-state index contributed by atoms with van der Waals surface area (Å²) in [7, 11) is 0. The normalized spacial score (nSPS) is 11.9. The van der Waals surface area contributed by atoms with Gasteiger partial charge >= 0.3 is 0 Å². The molecular formula is C19H28N2Pt. The van der Waals surface area contributed by atoms with E-state index in [9.17, 15) is 0 Å². The monoisotopic (exact) mass is 479 g/mol. The van der Waals surface area contributed by atoms with Crippen LogP contribution in [0.1, 0.15) is 71.8 Å². The van der Waals surface area contributed by atoms with Crippen molar-refractivity contribution in [1.29, 1.82) is 0 Å². The van der Waals surface area contributed by atoms with Crippen LogP contribution in [0.2, 0.25) is 0 Å². The van der Waals surface area contributed by atoms with Crippen LogP contribution in [0.3, 0.4) is 0 Å². The van der Waals surface area contributed by atoms with Crippen molar-refractivity contribution in [1.82, 2.24) is 9.78 Å². The summed E-state index contributed by atoms with van der Waals surface area (Å²) in [5, 5.41) is 4.97. The van der Waals surface area contributed by atoms with Crippen LogP contribution in [0.4, 0.5) is 0 Å². The molecule has 1 heterocycles. The first-order chi connectivity index (χ1) is 9.73. The smallest absolute Gasteiger partial charge is 0.0731 e. The molecule has 0 aliphatic heterocycles. The Hall–Kier alpha value is -0.882. The molecule has 22 heavy (non-hydrogen) atoms. The van der Waals surface area contributed by atoms with Crippen molar-refractivity contribution in [2.45, 2.75) is 65.8 Å². The van der Waals surface area contributed by atoms with Crippen LogP contribution >= 0.6 is 0 Å². The van der Waals surface area contributed by atoms with Crippen LogP contribution < -0.4 is 0 Å². The Bertz CT molecular complexity index is 604. The predicted octanol–water partition coefficient (Wildman–Crippen LogP) is 5.55. The Kier molecular flexibility index (Phi) is 6.21. The number of benzene rings is 1. The first-order valence-corrected chi connectivity index (χ1v) is 7.91. The Labute approximate surface area is 149 Å². The molecule has 0 aliphatic carbocycles. The SMILES string of the molecule is CC(C)c1nn(C(C)C)c(C(C)(C)C)c1-c1ccccc1.[Pt]. The van der Waals surface area contributed by atoms with Crippen LogP contribution in [-0.2, 0) is 26.5 Å². The van der Waals surface area contributed by atoms with E-state index in [1.54, 1.807) is 0 Å². The van der Waals surface area contributed by atoms with Gasteiger partial charge in [0.05, 0.1) is 11.4 Å². The molecule has 0 saturated carbocycles. The number of hydrogen-bond acceptors (Lipinski definition) is 1. The molecule has 0 bridgehead atoms. The Morgan fingerprint density at radius 2 is 1.50 bits per heavy atom. The molecule has 0 spiro atoms. The molecule has 0 saturated heterocycles. The molecule has 0 radical (unpaired) electrons. The average Bonchev–Trinajstić information content (AvgIpc) is 2.80. The zero-order chi connectivity index (χ0) is 15.8. The van der Waals surface area contributed by atoms with Crippen LogP contribution in [0.25, 0.3) is 11.1 Å². The minimum Gasteiger partial charge on any atom is -0.266 e. The van der Waals surface area contributed by atoms with E-state index in [4.69, 9.17) is 5.10 Å². The second-order valence-corrected chi connectivity index (χ2v) is 7.42. The molecule has 3 heteroatoms. The summed E-state index contributed by atoms with van der Waals surface area (Å²) in [5.41, 5.74) is 5.22. The van der Waals surface area contributed by atoms with E-state index >= 15 is 0 Å². The van der Waals surface area contributed by atoms with Crippen molar-refractivity contribution < 1.29 is 21.1 Å². The Morgan fingerprint density at radius 1 is 0.955 bits per heavy atom. The van der Waals surface area contributed by atoms with E-state index in [-0.39, 0.29) is 26.5 Å². The van der Waals surface area contributed by atoms with Crippen molar-refractivity contribution in [3.63, 3.8) is 0 Å². The maximum atomic E-state index is 4.97. The summed E-state index contributed by atoms with van der Waals surface area (Å²) < 4.78 is 2.22. The fourth-order valence-corrected chi connectivity index (χ4v) is 2.84. The van der Waals surface area contributed by atoms with Crippen LogP contribution in [0.15, 0.2) is 30.3 Å². The summed E-state index contributed by atoms with van der Waals surface area (Å²) in [4.78, 5) is 0. The first-order valence-electron chi connectivity index (χ1n) is 7.91. The molecule has 0 unspecified atom stereocenters. The fourth-order valence-electron chi connectivity index (χ4n) is 2.84. The van der Waals surface area contributed by atoms with Crippen LogP contribution in [0, 0.1) is 0 Å². The van der Waals surface area contributed by atoms with E-state index in [2.05, 4.69) is 83.5 Å². The van der Waals surface area contributed by atoms with Crippen LogP contribution in [-0.4, -0.2) is 9.78 Å². The van der Waals surface area contributed by atoms with Gasteiger partial charge in [-0.25, -0.2) is 0 Å². The first kappa shape index (κ1) is 19.2. The third kappa shape index (κ3) is 3.71. The number of nitrogens with zero attached hydrogens (tertiary/aromatic N) is 2. The topological polar surface area (TPSA) is 17.8 Å². The molecule has 2 nitrogen and oxygen atoms in total. The van der Waals surface area contributed by atoms with Gasteiger partial charge in [0, 0.05) is 38.1 Å². The number of hydrogen-bond donors (Lipinski definition) is 0. The van der Waals surface area contributed by atoms with Gasteiger partial charge < -0.3 is 0 Å². The minimum atomic E-state index is 0. The van der Waals surface area contributed by atoms with E-state index in [0.29, 0.717) is 12.0 Å². The summed E-state index contributed by atoms with van der Waals surface area (Å²) >= 11 is 0. The quantitative estimate of drug-likeness (QED) is 0.565. The van der Waals surface area contributed by atoms with Gasteiger partial charge in [-0.1, -0.05) is 65.0 Å². The average molecular weight is 480 g/mol.